The molecule has 0 bridgehead atoms. The quantitative estimate of drug-likeness (QED) is 0.613. The molecular formula is C11H24N2. The summed E-state index contributed by atoms with van der Waals surface area (Å²) in [6.07, 6.45) is 5.68. The lowest BCUT2D eigenvalue weighted by Crippen LogP contribution is -2.17. The summed E-state index contributed by atoms with van der Waals surface area (Å²) in [7, 11) is 2.17. The van der Waals surface area contributed by atoms with Crippen molar-refractivity contribution in [2.45, 2.75) is 32.6 Å². The Morgan fingerprint density at radius 2 is 1.31 bits per heavy atom. The second-order valence-electron chi connectivity index (χ2n) is 4.15. The Morgan fingerprint density at radius 3 is 1.54 bits per heavy atom. The molecule has 0 saturated carbocycles. The van der Waals surface area contributed by atoms with Crippen molar-refractivity contribution in [3.05, 3.63) is 0 Å². The molecule has 0 atom stereocenters. The second kappa shape index (κ2) is 6.39. The van der Waals surface area contributed by atoms with Crippen LogP contribution in [0, 0.1) is 0 Å². The van der Waals surface area contributed by atoms with E-state index in [-0.39, 0.29) is 0 Å². The zero-order chi connectivity index (χ0) is 9.52. The summed E-state index contributed by atoms with van der Waals surface area (Å²) in [5, 5.41) is 0. The Hall–Kier alpha value is -0.0800. The molecule has 2 aliphatic heterocycles. The monoisotopic (exact) mass is 184 g/mol. The van der Waals surface area contributed by atoms with Crippen LogP contribution in [0.15, 0.2) is 0 Å². The first-order valence-electron chi connectivity index (χ1n) is 5.74. The number of likely N-dealkylation sites (tertiary alicyclic amines) is 2. The standard InChI is InChI=1S/C6H13N.C5H11N/c1-2-7-5-3-4-6-7;1-6-4-2-3-5-6/h2-6H2,1H3;2-5H2,1H3. The highest BCUT2D eigenvalue weighted by Gasteiger charge is 2.06. The van der Waals surface area contributed by atoms with E-state index in [4.69, 9.17) is 0 Å². The van der Waals surface area contributed by atoms with Gasteiger partial charge in [0.1, 0.15) is 0 Å². The van der Waals surface area contributed by atoms with Crippen LogP contribution in [0.4, 0.5) is 0 Å². The minimum Gasteiger partial charge on any atom is -0.306 e. The summed E-state index contributed by atoms with van der Waals surface area (Å²) < 4.78 is 0. The van der Waals surface area contributed by atoms with Crippen LogP contribution in [-0.2, 0) is 0 Å². The summed E-state index contributed by atoms with van der Waals surface area (Å²) in [5.41, 5.74) is 0. The molecule has 2 fully saturated rings. The lowest BCUT2D eigenvalue weighted by Gasteiger charge is -2.08. The molecule has 0 unspecified atom stereocenters. The third-order valence-corrected chi connectivity index (χ3v) is 2.98. The van der Waals surface area contributed by atoms with E-state index in [2.05, 4.69) is 23.8 Å². The summed E-state index contributed by atoms with van der Waals surface area (Å²) in [4.78, 5) is 4.85. The Balaban J connectivity index is 0.000000132. The highest BCUT2D eigenvalue weighted by atomic mass is 15.1. The second-order valence-corrected chi connectivity index (χ2v) is 4.15. The van der Waals surface area contributed by atoms with Crippen LogP contribution < -0.4 is 0 Å². The highest BCUT2D eigenvalue weighted by molar-refractivity contribution is 4.62. The van der Waals surface area contributed by atoms with Crippen LogP contribution in [0.2, 0.25) is 0 Å². The zero-order valence-corrected chi connectivity index (χ0v) is 9.26. The van der Waals surface area contributed by atoms with Gasteiger partial charge in [-0.1, -0.05) is 6.92 Å². The molecule has 0 N–H and O–H groups in total. The minimum atomic E-state index is 1.25. The molecule has 13 heavy (non-hydrogen) atoms. The molecule has 78 valence electrons. The van der Waals surface area contributed by atoms with Crippen LogP contribution in [0.5, 0.6) is 0 Å². The van der Waals surface area contributed by atoms with Crippen LogP contribution in [-0.4, -0.2) is 49.6 Å². The zero-order valence-electron chi connectivity index (χ0n) is 9.26. The molecule has 0 radical (unpaired) electrons. The predicted octanol–water partition coefficient (Wildman–Crippen LogP) is 1.81. The van der Waals surface area contributed by atoms with Gasteiger partial charge in [0.15, 0.2) is 0 Å². The molecule has 0 amide bonds. The van der Waals surface area contributed by atoms with Crippen molar-refractivity contribution < 1.29 is 0 Å². The first-order chi connectivity index (χ1) is 6.33. The SMILES string of the molecule is CCN1CCCC1.CN1CCCC1. The maximum absolute atomic E-state index is 2.49. The molecule has 0 aliphatic carbocycles. The smallest absolute Gasteiger partial charge is 0.00184 e. The van der Waals surface area contributed by atoms with Crippen molar-refractivity contribution in [3.8, 4) is 0 Å². The molecule has 2 saturated heterocycles. The van der Waals surface area contributed by atoms with Gasteiger partial charge in [-0.3, -0.25) is 0 Å². The number of hydrogen-bond acceptors (Lipinski definition) is 2. The van der Waals surface area contributed by atoms with Gasteiger partial charge in [0, 0.05) is 0 Å². The Morgan fingerprint density at radius 1 is 0.846 bits per heavy atom. The fourth-order valence-electron chi connectivity index (χ4n) is 1.97. The number of hydrogen-bond donors (Lipinski definition) is 0. The highest BCUT2D eigenvalue weighted by Crippen LogP contribution is 2.04. The maximum atomic E-state index is 2.49. The molecule has 2 aliphatic rings. The Bertz CT molecular complexity index is 113. The molecule has 2 heterocycles. The van der Waals surface area contributed by atoms with E-state index in [1.807, 2.05) is 0 Å². The van der Waals surface area contributed by atoms with E-state index in [0.29, 0.717) is 0 Å². The normalized spacial score (nSPS) is 24.5. The van der Waals surface area contributed by atoms with E-state index in [1.54, 1.807) is 0 Å². The lowest BCUT2D eigenvalue weighted by molar-refractivity contribution is 0.359. The van der Waals surface area contributed by atoms with Crippen LogP contribution >= 0.6 is 0 Å². The van der Waals surface area contributed by atoms with Crippen molar-refractivity contribution in [2.24, 2.45) is 0 Å². The third-order valence-electron chi connectivity index (χ3n) is 2.98. The van der Waals surface area contributed by atoms with Crippen LogP contribution in [0.25, 0.3) is 0 Å². The van der Waals surface area contributed by atoms with Gasteiger partial charge in [0.2, 0.25) is 0 Å². The maximum Gasteiger partial charge on any atom is -0.00184 e. The Kier molecular flexibility index (Phi) is 5.40. The van der Waals surface area contributed by atoms with Gasteiger partial charge in [0.05, 0.1) is 0 Å². The lowest BCUT2D eigenvalue weighted by atomic mass is 10.4. The molecule has 0 aromatic carbocycles. The van der Waals surface area contributed by atoms with Gasteiger partial charge in [-0.15, -0.1) is 0 Å². The van der Waals surface area contributed by atoms with Crippen molar-refractivity contribution >= 4 is 0 Å². The number of nitrogens with zero attached hydrogens (tertiary/aromatic N) is 2. The summed E-state index contributed by atoms with van der Waals surface area (Å²) >= 11 is 0. The van der Waals surface area contributed by atoms with Gasteiger partial charge in [-0.2, -0.15) is 0 Å². The summed E-state index contributed by atoms with van der Waals surface area (Å²) in [5.74, 6) is 0. The number of rotatable bonds is 1. The Labute approximate surface area is 82.9 Å². The van der Waals surface area contributed by atoms with Crippen molar-refractivity contribution in [2.75, 3.05) is 39.8 Å². The average Bonchev–Trinajstić information content (AvgIpc) is 2.76. The molecule has 0 spiro atoms. The first kappa shape index (κ1) is 11.0. The summed E-state index contributed by atoms with van der Waals surface area (Å²) in [6, 6.07) is 0. The molecule has 0 aromatic heterocycles. The third kappa shape index (κ3) is 4.63. The van der Waals surface area contributed by atoms with Gasteiger partial charge in [0.25, 0.3) is 0 Å². The van der Waals surface area contributed by atoms with E-state index >= 15 is 0 Å². The van der Waals surface area contributed by atoms with Crippen LogP contribution in [0.1, 0.15) is 32.6 Å². The molecule has 2 rings (SSSR count). The average molecular weight is 184 g/mol. The van der Waals surface area contributed by atoms with Crippen molar-refractivity contribution in [3.63, 3.8) is 0 Å². The molecular weight excluding hydrogens is 160 g/mol. The van der Waals surface area contributed by atoms with E-state index in [9.17, 15) is 0 Å². The van der Waals surface area contributed by atoms with Gasteiger partial charge >= 0.3 is 0 Å². The van der Waals surface area contributed by atoms with Gasteiger partial charge in [-0.05, 0) is 65.5 Å². The van der Waals surface area contributed by atoms with Gasteiger partial charge in [-0.25, -0.2) is 0 Å². The van der Waals surface area contributed by atoms with E-state index in [0.717, 1.165) is 0 Å². The predicted molar refractivity (Wildman–Crippen MR) is 58.1 cm³/mol. The van der Waals surface area contributed by atoms with E-state index < -0.39 is 0 Å². The van der Waals surface area contributed by atoms with Crippen LogP contribution in [0.3, 0.4) is 0 Å². The molecule has 2 heteroatoms. The minimum absolute atomic E-state index is 1.25. The first-order valence-corrected chi connectivity index (χ1v) is 5.74. The van der Waals surface area contributed by atoms with Crippen molar-refractivity contribution in [1.82, 2.24) is 9.80 Å². The largest absolute Gasteiger partial charge is 0.306 e. The fourth-order valence-corrected chi connectivity index (χ4v) is 1.97. The fraction of sp³-hybridized carbons (Fsp3) is 1.00. The molecule has 0 aromatic rings. The topological polar surface area (TPSA) is 6.48 Å². The van der Waals surface area contributed by atoms with E-state index in [1.165, 1.54) is 58.4 Å². The molecule has 2 nitrogen and oxygen atoms in total. The summed E-state index contributed by atoms with van der Waals surface area (Å²) in [6.45, 7) is 8.80. The van der Waals surface area contributed by atoms with Gasteiger partial charge < -0.3 is 9.80 Å². The van der Waals surface area contributed by atoms with Crippen molar-refractivity contribution in [1.29, 1.82) is 0 Å².